The summed E-state index contributed by atoms with van der Waals surface area (Å²) in [4.78, 5) is 23.4. The van der Waals surface area contributed by atoms with E-state index in [1.165, 1.54) is 12.1 Å². The van der Waals surface area contributed by atoms with Gasteiger partial charge in [0.1, 0.15) is 5.82 Å². The van der Waals surface area contributed by atoms with Crippen molar-refractivity contribution >= 4 is 23.3 Å². The molecule has 1 atom stereocenters. The normalized spacial score (nSPS) is 16.1. The fourth-order valence-corrected chi connectivity index (χ4v) is 3.82. The molecule has 3 aromatic rings. The Hall–Kier alpha value is -3.04. The lowest BCUT2D eigenvalue weighted by Gasteiger charge is -2.29. The second-order valence-corrected chi connectivity index (χ2v) is 8.39. The smallest absolute Gasteiger partial charge is 0.324 e. The van der Waals surface area contributed by atoms with Crippen molar-refractivity contribution in [2.24, 2.45) is 0 Å². The Balaban J connectivity index is 1.59. The van der Waals surface area contributed by atoms with E-state index in [-0.39, 0.29) is 17.6 Å². The second kappa shape index (κ2) is 9.22. The third-order valence-corrected chi connectivity index (χ3v) is 5.82. The highest BCUT2D eigenvalue weighted by atomic mass is 35.5. The zero-order valence-electron chi connectivity index (χ0n) is 18.1. The third kappa shape index (κ3) is 4.73. The number of likely N-dealkylation sites (N-methyl/N-ethyl adjacent to an activating group) is 1. The van der Waals surface area contributed by atoms with Crippen LogP contribution >= 0.6 is 11.6 Å². The number of hydrogen-bond donors (Lipinski definition) is 0. The fourth-order valence-electron chi connectivity index (χ4n) is 3.65. The second-order valence-electron chi connectivity index (χ2n) is 7.98. The molecule has 1 aliphatic rings. The van der Waals surface area contributed by atoms with E-state index in [9.17, 15) is 9.18 Å². The highest BCUT2D eigenvalue weighted by molar-refractivity contribution is 6.31. The zero-order chi connectivity index (χ0) is 22.8. The monoisotopic (exact) mass is 458 g/mol. The van der Waals surface area contributed by atoms with E-state index >= 15 is 0 Å². The minimum atomic E-state index is -0.533. The molecule has 3 heterocycles. The lowest BCUT2D eigenvalue weighted by Crippen LogP contribution is -2.43. The van der Waals surface area contributed by atoms with Crippen LogP contribution in [0.25, 0.3) is 11.5 Å². The van der Waals surface area contributed by atoms with E-state index in [1.807, 2.05) is 20.2 Å². The van der Waals surface area contributed by atoms with Gasteiger partial charge in [-0.05, 0) is 50.8 Å². The van der Waals surface area contributed by atoms with Crippen LogP contribution in [0.5, 0.6) is 0 Å². The number of amides is 2. The van der Waals surface area contributed by atoms with Crippen LogP contribution in [0, 0.1) is 12.7 Å². The number of aryl methyl sites for hydroxylation is 1. The number of aromatic nitrogens is 3. The number of carbonyl (C=O) groups is 1. The molecule has 1 saturated heterocycles. The quantitative estimate of drug-likeness (QED) is 0.575. The largest absolute Gasteiger partial charge is 0.421 e. The van der Waals surface area contributed by atoms with Crippen LogP contribution in [0.15, 0.2) is 40.9 Å². The standard InChI is InChI=1S/C22H24ClFN6O2/c1-14-26-27-21(32-14)15-4-5-16(25-11-15)12-30(17-6-7-20(24)19(23)10-17)22(31)29-9-8-18(13-29)28(2)3/h4-7,10-11,18H,8-9,12-13H2,1-3H3. The number of halogens is 2. The van der Waals surface area contributed by atoms with E-state index in [2.05, 4.69) is 20.1 Å². The van der Waals surface area contributed by atoms with Gasteiger partial charge in [0.2, 0.25) is 11.8 Å². The van der Waals surface area contributed by atoms with Crippen molar-refractivity contribution in [3.8, 4) is 11.5 Å². The number of nitrogens with zero attached hydrogens (tertiary/aromatic N) is 6. The maximum atomic E-state index is 13.8. The summed E-state index contributed by atoms with van der Waals surface area (Å²) in [5.74, 6) is 0.316. The van der Waals surface area contributed by atoms with Crippen LogP contribution in [-0.2, 0) is 6.54 Å². The van der Waals surface area contributed by atoms with E-state index in [0.717, 1.165) is 6.42 Å². The predicted molar refractivity (Wildman–Crippen MR) is 119 cm³/mol. The third-order valence-electron chi connectivity index (χ3n) is 5.53. The minimum absolute atomic E-state index is 0.0389. The van der Waals surface area contributed by atoms with Gasteiger partial charge in [-0.25, -0.2) is 9.18 Å². The molecule has 32 heavy (non-hydrogen) atoms. The number of hydrogen-bond acceptors (Lipinski definition) is 6. The molecule has 1 fully saturated rings. The van der Waals surface area contributed by atoms with E-state index in [0.29, 0.717) is 47.9 Å². The van der Waals surface area contributed by atoms with E-state index in [4.69, 9.17) is 16.0 Å². The predicted octanol–water partition coefficient (Wildman–Crippen LogP) is 4.00. The van der Waals surface area contributed by atoms with Crippen molar-refractivity contribution in [3.63, 3.8) is 0 Å². The molecule has 0 spiro atoms. The lowest BCUT2D eigenvalue weighted by atomic mass is 10.2. The van der Waals surface area contributed by atoms with Crippen molar-refractivity contribution in [2.75, 3.05) is 32.1 Å². The van der Waals surface area contributed by atoms with Crippen molar-refractivity contribution in [3.05, 3.63) is 59.0 Å². The summed E-state index contributed by atoms with van der Waals surface area (Å²) in [6.45, 7) is 3.19. The maximum absolute atomic E-state index is 13.8. The number of benzene rings is 1. The van der Waals surface area contributed by atoms with E-state index < -0.39 is 5.82 Å². The van der Waals surface area contributed by atoms with Crippen LogP contribution in [0.1, 0.15) is 18.0 Å². The van der Waals surface area contributed by atoms with Gasteiger partial charge in [0.05, 0.1) is 22.8 Å². The summed E-state index contributed by atoms with van der Waals surface area (Å²) >= 11 is 6.01. The molecular weight excluding hydrogens is 435 g/mol. The Kier molecular flexibility index (Phi) is 6.38. The van der Waals surface area contributed by atoms with Crippen molar-refractivity contribution in [1.29, 1.82) is 0 Å². The highest BCUT2D eigenvalue weighted by Crippen LogP contribution is 2.27. The highest BCUT2D eigenvalue weighted by Gasteiger charge is 2.31. The zero-order valence-corrected chi connectivity index (χ0v) is 18.9. The first-order valence-corrected chi connectivity index (χ1v) is 10.6. The van der Waals surface area contributed by atoms with E-state index in [1.54, 1.807) is 35.1 Å². The van der Waals surface area contributed by atoms with Crippen molar-refractivity contribution in [2.45, 2.75) is 25.9 Å². The minimum Gasteiger partial charge on any atom is -0.421 e. The molecule has 0 N–H and O–H groups in total. The first kappa shape index (κ1) is 22.2. The lowest BCUT2D eigenvalue weighted by molar-refractivity contribution is 0.209. The number of urea groups is 1. The van der Waals surface area contributed by atoms with Gasteiger partial charge < -0.3 is 14.2 Å². The van der Waals surface area contributed by atoms with Gasteiger partial charge >= 0.3 is 6.03 Å². The van der Waals surface area contributed by atoms with Crippen molar-refractivity contribution in [1.82, 2.24) is 25.0 Å². The molecule has 10 heteroatoms. The Morgan fingerprint density at radius 2 is 2.09 bits per heavy atom. The molecule has 4 rings (SSSR count). The molecule has 2 aromatic heterocycles. The van der Waals surface area contributed by atoms with Gasteiger partial charge in [0.25, 0.3) is 0 Å². The summed E-state index contributed by atoms with van der Waals surface area (Å²) < 4.78 is 19.2. The average molecular weight is 459 g/mol. The molecule has 0 saturated carbocycles. The Labute approximate surface area is 190 Å². The van der Waals surface area contributed by atoms with Gasteiger partial charge in [-0.15, -0.1) is 10.2 Å². The topological polar surface area (TPSA) is 78.6 Å². The van der Waals surface area contributed by atoms with Crippen molar-refractivity contribution < 1.29 is 13.6 Å². The number of rotatable bonds is 5. The molecule has 1 unspecified atom stereocenters. The molecule has 0 aliphatic carbocycles. The molecule has 0 radical (unpaired) electrons. The summed E-state index contributed by atoms with van der Waals surface area (Å²) in [7, 11) is 4.01. The SMILES string of the molecule is Cc1nnc(-c2ccc(CN(C(=O)N3CCC(N(C)C)C3)c3ccc(F)c(Cl)c3)nc2)o1. The number of pyridine rings is 1. The van der Waals surface area contributed by atoms with Gasteiger partial charge in [-0.2, -0.15) is 0 Å². The molecular formula is C22H24ClFN6O2. The molecule has 168 valence electrons. The summed E-state index contributed by atoms with van der Waals surface area (Å²) in [5.41, 5.74) is 1.85. The molecule has 1 aliphatic heterocycles. The summed E-state index contributed by atoms with van der Waals surface area (Å²) in [6.07, 6.45) is 2.52. The van der Waals surface area contributed by atoms with Crippen LogP contribution in [0.3, 0.4) is 0 Å². The van der Waals surface area contributed by atoms with Gasteiger partial charge in [0.15, 0.2) is 0 Å². The Bertz CT molecular complexity index is 1100. The fraction of sp³-hybridized carbons (Fsp3) is 0.364. The van der Waals surface area contributed by atoms with Gasteiger partial charge in [0, 0.05) is 37.9 Å². The average Bonchev–Trinajstić information content (AvgIpc) is 3.44. The van der Waals surface area contributed by atoms with Crippen LogP contribution in [0.2, 0.25) is 5.02 Å². The molecule has 1 aromatic carbocycles. The van der Waals surface area contributed by atoms with Crippen LogP contribution in [-0.4, -0.2) is 64.2 Å². The summed E-state index contributed by atoms with van der Waals surface area (Å²) in [5, 5.41) is 7.78. The Morgan fingerprint density at radius 3 is 2.69 bits per heavy atom. The number of likely N-dealkylation sites (tertiary alicyclic amines) is 1. The first-order valence-electron chi connectivity index (χ1n) is 10.2. The van der Waals surface area contributed by atoms with Gasteiger partial charge in [-0.3, -0.25) is 9.88 Å². The van der Waals surface area contributed by atoms with Gasteiger partial charge in [-0.1, -0.05) is 11.6 Å². The van der Waals surface area contributed by atoms with Crippen LogP contribution < -0.4 is 4.90 Å². The van der Waals surface area contributed by atoms with Crippen LogP contribution in [0.4, 0.5) is 14.9 Å². The Morgan fingerprint density at radius 1 is 1.28 bits per heavy atom. The first-order chi connectivity index (χ1) is 15.3. The number of carbonyl (C=O) groups excluding carboxylic acids is 1. The maximum Gasteiger partial charge on any atom is 0.324 e. The summed E-state index contributed by atoms with van der Waals surface area (Å²) in [6, 6.07) is 8.01. The molecule has 8 nitrogen and oxygen atoms in total. The molecule has 2 amide bonds. The molecule has 0 bridgehead atoms. The number of anilines is 1.